The molecule has 0 atom stereocenters. The van der Waals surface area contributed by atoms with E-state index in [1.807, 2.05) is 0 Å². The third kappa shape index (κ3) is 7.22. The van der Waals surface area contributed by atoms with Crippen molar-refractivity contribution in [1.82, 2.24) is 15.5 Å². The minimum absolute atomic E-state index is 0. The van der Waals surface area contributed by atoms with E-state index in [0.717, 1.165) is 25.0 Å². The Balaban J connectivity index is 0.00000220. The second-order valence-corrected chi connectivity index (χ2v) is 7.24. The summed E-state index contributed by atoms with van der Waals surface area (Å²) in [6, 6.07) is 0.736. The van der Waals surface area contributed by atoms with Crippen LogP contribution in [-0.2, 0) is 4.79 Å². The molecule has 6 heteroatoms. The van der Waals surface area contributed by atoms with Gasteiger partial charge in [0.15, 0.2) is 0 Å². The van der Waals surface area contributed by atoms with Gasteiger partial charge in [0.25, 0.3) is 0 Å². The monoisotopic (exact) mass is 335 g/mol. The lowest BCUT2D eigenvalue weighted by atomic mass is 9.96. The van der Waals surface area contributed by atoms with E-state index < -0.39 is 0 Å². The normalized spacial score (nSPS) is 21.0. The molecule has 0 aromatic heterocycles. The van der Waals surface area contributed by atoms with Crippen molar-refractivity contribution in [1.29, 1.82) is 0 Å². The fraction of sp³-hybridized carbons (Fsp3) is 0.933. The van der Waals surface area contributed by atoms with E-state index in [9.17, 15) is 4.79 Å². The van der Waals surface area contributed by atoms with Crippen LogP contribution in [0.25, 0.3) is 0 Å². The molecule has 2 fully saturated rings. The molecule has 0 aromatic rings. The summed E-state index contributed by atoms with van der Waals surface area (Å²) in [5.74, 6) is 3.52. The molecular weight excluding hydrogens is 306 g/mol. The van der Waals surface area contributed by atoms with Crippen LogP contribution in [0.15, 0.2) is 0 Å². The Labute approximate surface area is 139 Å². The van der Waals surface area contributed by atoms with Gasteiger partial charge in [-0.25, -0.2) is 0 Å². The van der Waals surface area contributed by atoms with Crippen molar-refractivity contribution >= 4 is 30.1 Å². The predicted octanol–water partition coefficient (Wildman–Crippen LogP) is 1.74. The second-order valence-electron chi connectivity index (χ2n) is 6.01. The minimum atomic E-state index is 0. The Morgan fingerprint density at radius 1 is 1.24 bits per heavy atom. The van der Waals surface area contributed by atoms with E-state index in [1.165, 1.54) is 56.8 Å². The molecule has 0 saturated carbocycles. The Morgan fingerprint density at radius 2 is 1.90 bits per heavy atom. The van der Waals surface area contributed by atoms with Gasteiger partial charge in [-0.3, -0.25) is 9.69 Å². The van der Waals surface area contributed by atoms with Crippen molar-refractivity contribution in [3.63, 3.8) is 0 Å². The maximum absolute atomic E-state index is 11.1. The van der Waals surface area contributed by atoms with E-state index in [1.54, 1.807) is 6.92 Å². The summed E-state index contributed by atoms with van der Waals surface area (Å²) in [6.45, 7) is 6.98. The minimum Gasteiger partial charge on any atom is -0.355 e. The van der Waals surface area contributed by atoms with Crippen molar-refractivity contribution < 1.29 is 4.79 Å². The van der Waals surface area contributed by atoms with Gasteiger partial charge in [-0.2, -0.15) is 11.8 Å². The first-order valence-corrected chi connectivity index (χ1v) is 9.18. The highest BCUT2D eigenvalue weighted by atomic mass is 35.5. The van der Waals surface area contributed by atoms with E-state index in [-0.39, 0.29) is 18.3 Å². The summed E-state index contributed by atoms with van der Waals surface area (Å²) in [6.07, 6.45) is 5.24. The van der Waals surface area contributed by atoms with E-state index >= 15 is 0 Å². The van der Waals surface area contributed by atoms with Gasteiger partial charge in [-0.1, -0.05) is 0 Å². The van der Waals surface area contributed by atoms with Crippen LogP contribution in [0.1, 0.15) is 32.6 Å². The molecule has 2 aliphatic heterocycles. The lowest BCUT2D eigenvalue weighted by Crippen LogP contribution is -2.46. The SMILES string of the molecule is CC(=O)NCCN(CC1CCNCC1)C1CCSCC1.Cl. The molecule has 2 heterocycles. The number of thioether (sulfide) groups is 1. The molecule has 1 amide bonds. The van der Waals surface area contributed by atoms with Crippen LogP contribution >= 0.6 is 24.2 Å². The Bertz CT molecular complexity index is 295. The molecule has 0 unspecified atom stereocenters. The average Bonchev–Trinajstić information content (AvgIpc) is 2.48. The highest BCUT2D eigenvalue weighted by Gasteiger charge is 2.24. The van der Waals surface area contributed by atoms with Gasteiger partial charge >= 0.3 is 0 Å². The summed E-state index contributed by atoms with van der Waals surface area (Å²) in [4.78, 5) is 13.7. The Morgan fingerprint density at radius 3 is 2.52 bits per heavy atom. The number of halogens is 1. The van der Waals surface area contributed by atoms with Crippen molar-refractivity contribution in [2.75, 3.05) is 44.2 Å². The molecule has 21 heavy (non-hydrogen) atoms. The molecule has 2 N–H and O–H groups in total. The molecule has 0 radical (unpaired) electrons. The zero-order valence-electron chi connectivity index (χ0n) is 13.1. The maximum atomic E-state index is 11.1. The topological polar surface area (TPSA) is 44.4 Å². The lowest BCUT2D eigenvalue weighted by molar-refractivity contribution is -0.119. The predicted molar refractivity (Wildman–Crippen MR) is 93.4 cm³/mol. The number of amides is 1. The summed E-state index contributed by atoms with van der Waals surface area (Å²) in [5, 5.41) is 6.40. The second kappa shape index (κ2) is 10.7. The zero-order valence-corrected chi connectivity index (χ0v) is 14.7. The number of hydrogen-bond donors (Lipinski definition) is 2. The van der Waals surface area contributed by atoms with Crippen LogP contribution in [0.5, 0.6) is 0 Å². The van der Waals surface area contributed by atoms with Gasteiger partial charge in [-0.15, -0.1) is 12.4 Å². The van der Waals surface area contributed by atoms with Crippen molar-refractivity contribution in [3.8, 4) is 0 Å². The molecule has 2 aliphatic rings. The third-order valence-electron chi connectivity index (χ3n) is 4.43. The number of carbonyl (C=O) groups is 1. The van der Waals surface area contributed by atoms with Gasteiger partial charge in [-0.05, 0) is 56.2 Å². The number of nitrogens with zero attached hydrogens (tertiary/aromatic N) is 1. The lowest BCUT2D eigenvalue weighted by Gasteiger charge is -2.37. The largest absolute Gasteiger partial charge is 0.355 e. The average molecular weight is 336 g/mol. The molecule has 0 aromatic carbocycles. The molecule has 2 rings (SSSR count). The summed E-state index contributed by atoms with van der Waals surface area (Å²) >= 11 is 2.08. The maximum Gasteiger partial charge on any atom is 0.216 e. The van der Waals surface area contributed by atoms with Gasteiger partial charge in [0, 0.05) is 32.6 Å². The summed E-state index contributed by atoms with van der Waals surface area (Å²) in [5.41, 5.74) is 0. The van der Waals surface area contributed by atoms with E-state index in [2.05, 4.69) is 27.3 Å². The van der Waals surface area contributed by atoms with Gasteiger partial charge in [0.2, 0.25) is 5.91 Å². The van der Waals surface area contributed by atoms with Crippen molar-refractivity contribution in [2.24, 2.45) is 5.92 Å². The molecular formula is C15H30ClN3OS. The van der Waals surface area contributed by atoms with Crippen LogP contribution < -0.4 is 10.6 Å². The molecule has 4 nitrogen and oxygen atoms in total. The van der Waals surface area contributed by atoms with Gasteiger partial charge in [0.05, 0.1) is 0 Å². The highest BCUT2D eigenvalue weighted by Crippen LogP contribution is 2.24. The molecule has 2 saturated heterocycles. The van der Waals surface area contributed by atoms with Gasteiger partial charge in [0.1, 0.15) is 0 Å². The quantitative estimate of drug-likeness (QED) is 0.776. The highest BCUT2D eigenvalue weighted by molar-refractivity contribution is 7.99. The number of rotatable bonds is 6. The van der Waals surface area contributed by atoms with Crippen LogP contribution in [0.3, 0.4) is 0 Å². The number of hydrogen-bond acceptors (Lipinski definition) is 4. The molecule has 0 bridgehead atoms. The fourth-order valence-electron chi connectivity index (χ4n) is 3.24. The first kappa shape index (κ1) is 19.1. The van der Waals surface area contributed by atoms with Crippen LogP contribution in [0, 0.1) is 5.92 Å². The number of nitrogens with one attached hydrogen (secondary N) is 2. The summed E-state index contributed by atoms with van der Waals surface area (Å²) in [7, 11) is 0. The Hall–Kier alpha value is 0.0300. The standard InChI is InChI=1S/C15H29N3OS.ClH/c1-13(19)17-8-9-18(15-4-10-20-11-5-15)12-14-2-6-16-7-3-14;/h14-16H,2-12H2,1H3,(H,17,19);1H. The molecule has 0 spiro atoms. The number of carbonyl (C=O) groups excluding carboxylic acids is 1. The van der Waals surface area contributed by atoms with Crippen LogP contribution in [-0.4, -0.2) is 61.1 Å². The third-order valence-corrected chi connectivity index (χ3v) is 5.48. The number of piperidine rings is 1. The van der Waals surface area contributed by atoms with E-state index in [0.29, 0.717) is 0 Å². The Kier molecular flexibility index (Phi) is 9.73. The van der Waals surface area contributed by atoms with Crippen molar-refractivity contribution in [3.05, 3.63) is 0 Å². The van der Waals surface area contributed by atoms with Crippen LogP contribution in [0.2, 0.25) is 0 Å². The fourth-order valence-corrected chi connectivity index (χ4v) is 4.33. The smallest absolute Gasteiger partial charge is 0.216 e. The molecule has 124 valence electrons. The first-order valence-electron chi connectivity index (χ1n) is 8.02. The van der Waals surface area contributed by atoms with E-state index in [4.69, 9.17) is 0 Å². The first-order chi connectivity index (χ1) is 9.75. The van der Waals surface area contributed by atoms with Crippen molar-refractivity contribution in [2.45, 2.75) is 38.6 Å². The van der Waals surface area contributed by atoms with Crippen LogP contribution in [0.4, 0.5) is 0 Å². The summed E-state index contributed by atoms with van der Waals surface area (Å²) < 4.78 is 0. The zero-order chi connectivity index (χ0) is 14.2. The van der Waals surface area contributed by atoms with Gasteiger partial charge < -0.3 is 10.6 Å². The molecule has 0 aliphatic carbocycles.